The van der Waals surface area contributed by atoms with Crippen LogP contribution in [0.1, 0.15) is 102 Å². The van der Waals surface area contributed by atoms with Crippen molar-refractivity contribution < 1.29 is 24.5 Å². The van der Waals surface area contributed by atoms with Gasteiger partial charge in [-0.3, -0.25) is 9.79 Å². The Labute approximate surface area is 264 Å². The number of aliphatic hydroxyl groups excluding tert-OH is 1. The third-order valence-electron chi connectivity index (χ3n) is 9.97. The fraction of sp³-hybridized carbons (Fsp3) is 0.667. The number of carbonyl (C=O) groups excluding carboxylic acids is 1. The van der Waals surface area contributed by atoms with E-state index in [2.05, 4.69) is 24.1 Å². The molecule has 1 aromatic rings. The summed E-state index contributed by atoms with van der Waals surface area (Å²) in [5, 5.41) is 21.6. The Bertz CT molecular complexity index is 1200. The van der Waals surface area contributed by atoms with Gasteiger partial charge in [0, 0.05) is 25.6 Å². The zero-order chi connectivity index (χ0) is 31.6. The number of carbonyl (C=O) groups is 1. The fourth-order valence-electron chi connectivity index (χ4n) is 7.80. The van der Waals surface area contributed by atoms with Crippen molar-refractivity contribution in [1.82, 2.24) is 0 Å². The number of allylic oxidation sites excluding steroid dienone is 3. The number of ketones is 1. The highest BCUT2D eigenvalue weighted by Gasteiger charge is 2.44. The van der Waals surface area contributed by atoms with Crippen LogP contribution >= 0.6 is 0 Å². The molecule has 0 bridgehead atoms. The van der Waals surface area contributed by atoms with Gasteiger partial charge in [-0.1, -0.05) is 38.0 Å². The lowest BCUT2D eigenvalue weighted by atomic mass is 9.59. The number of methoxy groups -OCH3 is 1. The maximum Gasteiger partial charge on any atom is 0.185 e. The van der Waals surface area contributed by atoms with E-state index in [9.17, 15) is 15.0 Å². The zero-order valence-corrected chi connectivity index (χ0v) is 27.1. The lowest BCUT2D eigenvalue weighted by Gasteiger charge is -2.46. The van der Waals surface area contributed by atoms with Gasteiger partial charge in [0.1, 0.15) is 0 Å². The molecule has 4 rings (SSSR count). The molecule has 44 heavy (non-hydrogen) atoms. The zero-order valence-electron chi connectivity index (χ0n) is 27.1. The predicted molar refractivity (Wildman–Crippen MR) is 176 cm³/mol. The van der Waals surface area contributed by atoms with Crippen LogP contribution in [0.5, 0.6) is 11.5 Å². The number of aromatic hydroxyl groups is 1. The number of aliphatic hydroxyl groups is 1. The van der Waals surface area contributed by atoms with Crippen LogP contribution in [-0.4, -0.2) is 54.9 Å². The topological polar surface area (TPSA) is 140 Å². The SMILES string of the molecule is CCC/C(=C/C(=O)CCc1cc(OC2CCCC2)c(O)c([C@@H]2[C@H](COC)[C@@H](CCN=C(N)N)C=C3CC[C@@H](C)C[C@@H]32)c1)CO. The van der Waals surface area contributed by atoms with Gasteiger partial charge in [0.05, 0.1) is 19.3 Å². The molecule has 3 aliphatic rings. The van der Waals surface area contributed by atoms with E-state index < -0.39 is 0 Å². The highest BCUT2D eigenvalue weighted by atomic mass is 16.5. The number of nitrogens with zero attached hydrogens (tertiary/aromatic N) is 1. The van der Waals surface area contributed by atoms with Crippen molar-refractivity contribution in [3.63, 3.8) is 0 Å². The molecule has 1 aromatic carbocycles. The Kier molecular flexibility index (Phi) is 12.7. The van der Waals surface area contributed by atoms with E-state index in [1.807, 2.05) is 13.0 Å². The number of rotatable bonds is 15. The van der Waals surface area contributed by atoms with E-state index in [0.29, 0.717) is 50.0 Å². The number of ether oxygens (including phenoxy) is 2. The number of benzene rings is 1. The minimum absolute atomic E-state index is 0.0106. The van der Waals surface area contributed by atoms with E-state index in [1.54, 1.807) is 13.2 Å². The number of nitrogens with two attached hydrogens (primary N) is 2. The van der Waals surface area contributed by atoms with Crippen LogP contribution in [0.2, 0.25) is 0 Å². The van der Waals surface area contributed by atoms with Crippen molar-refractivity contribution in [2.75, 3.05) is 26.9 Å². The summed E-state index contributed by atoms with van der Waals surface area (Å²) in [4.78, 5) is 17.2. The van der Waals surface area contributed by atoms with E-state index in [0.717, 1.165) is 74.5 Å². The maximum absolute atomic E-state index is 12.9. The first-order valence-electron chi connectivity index (χ1n) is 16.8. The molecule has 0 unspecified atom stereocenters. The van der Waals surface area contributed by atoms with Crippen LogP contribution in [0.3, 0.4) is 0 Å². The summed E-state index contributed by atoms with van der Waals surface area (Å²) in [7, 11) is 1.75. The molecule has 0 spiro atoms. The summed E-state index contributed by atoms with van der Waals surface area (Å²) in [5.74, 6) is 2.12. The summed E-state index contributed by atoms with van der Waals surface area (Å²) in [6, 6.07) is 4.06. The summed E-state index contributed by atoms with van der Waals surface area (Å²) in [6.45, 7) is 5.37. The minimum atomic E-state index is -0.0924. The number of hydrogen-bond acceptors (Lipinski definition) is 6. The smallest absolute Gasteiger partial charge is 0.185 e. The molecule has 2 saturated carbocycles. The monoisotopic (exact) mass is 609 g/mol. The maximum atomic E-state index is 12.9. The fourth-order valence-corrected chi connectivity index (χ4v) is 7.80. The molecule has 0 radical (unpaired) electrons. The van der Waals surface area contributed by atoms with E-state index in [4.69, 9.17) is 20.9 Å². The second-order valence-corrected chi connectivity index (χ2v) is 13.4. The summed E-state index contributed by atoms with van der Waals surface area (Å²) < 4.78 is 12.4. The third-order valence-corrected chi connectivity index (χ3v) is 9.97. The van der Waals surface area contributed by atoms with Crippen LogP contribution in [0.4, 0.5) is 0 Å². The Morgan fingerprint density at radius 3 is 2.61 bits per heavy atom. The Morgan fingerprint density at radius 2 is 1.93 bits per heavy atom. The van der Waals surface area contributed by atoms with Crippen LogP contribution in [0.25, 0.3) is 0 Å². The van der Waals surface area contributed by atoms with Crippen molar-refractivity contribution in [2.24, 2.45) is 40.1 Å². The van der Waals surface area contributed by atoms with Crippen LogP contribution in [-0.2, 0) is 16.0 Å². The molecule has 8 nitrogen and oxygen atoms in total. The number of guanidine groups is 1. The van der Waals surface area contributed by atoms with Gasteiger partial charge in [-0.15, -0.1) is 0 Å². The molecule has 0 heterocycles. The third kappa shape index (κ3) is 8.87. The largest absolute Gasteiger partial charge is 0.504 e. The molecule has 3 aliphatic carbocycles. The van der Waals surface area contributed by atoms with Gasteiger partial charge in [-0.05, 0) is 117 Å². The Morgan fingerprint density at radius 1 is 1.16 bits per heavy atom. The Balaban J connectivity index is 1.74. The number of aryl methyl sites for hydroxylation is 1. The number of fused-ring (bicyclic) bond motifs is 1. The highest BCUT2D eigenvalue weighted by molar-refractivity contribution is 5.90. The predicted octanol–water partition coefficient (Wildman–Crippen LogP) is 5.94. The molecule has 0 aromatic heterocycles. The lowest BCUT2D eigenvalue weighted by molar-refractivity contribution is -0.114. The van der Waals surface area contributed by atoms with Crippen molar-refractivity contribution in [2.45, 2.75) is 103 Å². The van der Waals surface area contributed by atoms with Gasteiger partial charge in [-0.2, -0.15) is 0 Å². The molecular weight excluding hydrogens is 554 g/mol. The van der Waals surface area contributed by atoms with Crippen molar-refractivity contribution >= 4 is 11.7 Å². The average molecular weight is 610 g/mol. The minimum Gasteiger partial charge on any atom is -0.504 e. The van der Waals surface area contributed by atoms with E-state index in [-0.39, 0.29) is 48.0 Å². The number of hydrogen-bond donors (Lipinski definition) is 4. The second kappa shape index (κ2) is 16.5. The van der Waals surface area contributed by atoms with Gasteiger partial charge < -0.3 is 31.2 Å². The molecule has 244 valence electrons. The van der Waals surface area contributed by atoms with Crippen molar-refractivity contribution in [1.29, 1.82) is 0 Å². The average Bonchev–Trinajstić information content (AvgIpc) is 3.51. The van der Waals surface area contributed by atoms with Crippen LogP contribution < -0.4 is 16.2 Å². The summed E-state index contributed by atoms with van der Waals surface area (Å²) in [5.41, 5.74) is 15.5. The molecule has 0 amide bonds. The first kappa shape index (κ1) is 34.0. The van der Waals surface area contributed by atoms with Crippen molar-refractivity contribution in [3.05, 3.63) is 46.6 Å². The van der Waals surface area contributed by atoms with Gasteiger partial charge >= 0.3 is 0 Å². The first-order valence-corrected chi connectivity index (χ1v) is 16.8. The molecule has 8 heteroatoms. The standard InChI is InChI=1S/C36H55N3O5/c1-4-7-25(21-40)17-28(41)13-11-24-18-31(35(42)33(19-24)44-29-8-5-6-9-29)34-30-16-23(2)10-12-26(30)20-27(32(34)22-43-3)14-15-39-36(37)38/h17-20,23,27,29-30,32,34,40,42H,4-16,21-22H2,1-3H3,(H4,37,38,39)/b25-17-/t23-,27+,30+,32-,34-/m1/s1. The number of phenolic OH excluding ortho intramolecular Hbond substituents is 1. The van der Waals surface area contributed by atoms with Gasteiger partial charge in [-0.25, -0.2) is 0 Å². The number of aliphatic imine (C=N–C) groups is 1. The molecule has 0 saturated heterocycles. The molecule has 6 N–H and O–H groups in total. The van der Waals surface area contributed by atoms with Crippen LogP contribution in [0.15, 0.2) is 40.4 Å². The van der Waals surface area contributed by atoms with Gasteiger partial charge in [0.25, 0.3) is 0 Å². The molecule has 5 atom stereocenters. The molecule has 2 fully saturated rings. The quantitative estimate of drug-likeness (QED) is 0.0835. The molecule has 0 aliphatic heterocycles. The summed E-state index contributed by atoms with van der Waals surface area (Å²) in [6.07, 6.45) is 14.9. The summed E-state index contributed by atoms with van der Waals surface area (Å²) >= 11 is 0. The normalized spacial score (nSPS) is 25.8. The Hall–Kier alpha value is -2.84. The second-order valence-electron chi connectivity index (χ2n) is 13.4. The van der Waals surface area contributed by atoms with E-state index >= 15 is 0 Å². The van der Waals surface area contributed by atoms with E-state index in [1.165, 1.54) is 5.57 Å². The van der Waals surface area contributed by atoms with Gasteiger partial charge in [0.2, 0.25) is 0 Å². The van der Waals surface area contributed by atoms with Crippen molar-refractivity contribution in [3.8, 4) is 11.5 Å². The van der Waals surface area contributed by atoms with Gasteiger partial charge in [0.15, 0.2) is 23.2 Å². The highest BCUT2D eigenvalue weighted by Crippen LogP contribution is 2.55. The molecular formula is C36H55N3O5. The first-order chi connectivity index (χ1) is 21.2. The number of phenols is 1. The van der Waals surface area contributed by atoms with Crippen LogP contribution in [0, 0.1) is 23.7 Å². The lowest BCUT2D eigenvalue weighted by Crippen LogP contribution is -2.38.